The minimum Gasteiger partial charge on any atom is -0.457 e. The number of Topliss-reactive ketones (excluding diaryl/α,β-unsaturated/α-hetero) is 1. The van der Waals surface area contributed by atoms with Gasteiger partial charge < -0.3 is 18.0 Å². The fourth-order valence-corrected chi connectivity index (χ4v) is 17.1. The molecule has 5 atom stereocenters. The van der Waals surface area contributed by atoms with Crippen molar-refractivity contribution in [3.63, 3.8) is 0 Å². The summed E-state index contributed by atoms with van der Waals surface area (Å²) >= 11 is 1.57. The number of terminal acetylenes is 1. The van der Waals surface area contributed by atoms with Crippen molar-refractivity contribution in [2.45, 2.75) is 196 Å². The van der Waals surface area contributed by atoms with Gasteiger partial charge in [0.05, 0.1) is 29.3 Å². The van der Waals surface area contributed by atoms with Crippen LogP contribution in [0.25, 0.3) is 6.08 Å². The molecule has 0 unspecified atom stereocenters. The highest BCUT2D eigenvalue weighted by Gasteiger charge is 2.48. The third-order valence-electron chi connectivity index (χ3n) is 12.9. The minimum atomic E-state index is -2.26. The van der Waals surface area contributed by atoms with E-state index in [1.54, 1.807) is 11.3 Å². The molecule has 0 aromatic carbocycles. The third kappa shape index (κ3) is 13.9. The molecule has 0 aliphatic rings. The largest absolute Gasteiger partial charge is 0.457 e. The molecule has 0 aliphatic carbocycles. The second kappa shape index (κ2) is 23.7. The van der Waals surface area contributed by atoms with Crippen molar-refractivity contribution >= 4 is 54.1 Å². The molecular formula is C43H79NO6SSi3. The van der Waals surface area contributed by atoms with Crippen LogP contribution in [0, 0.1) is 36.5 Å². The van der Waals surface area contributed by atoms with Gasteiger partial charge in [-0.1, -0.05) is 90.0 Å². The Bertz CT molecular complexity index is 1320. The first-order chi connectivity index (χ1) is 25.4. The van der Waals surface area contributed by atoms with Crippen LogP contribution in [0.3, 0.4) is 0 Å². The average Bonchev–Trinajstić information content (AvgIpc) is 3.59. The molecule has 0 N–H and O–H groups in total. The van der Waals surface area contributed by atoms with Crippen LogP contribution in [0.15, 0.2) is 11.0 Å². The van der Waals surface area contributed by atoms with Gasteiger partial charge in [-0.05, 0) is 92.2 Å². The zero-order valence-corrected chi connectivity index (χ0v) is 40.9. The average molecular weight is 822 g/mol. The van der Waals surface area contributed by atoms with Crippen LogP contribution in [0.5, 0.6) is 0 Å². The third-order valence-corrected chi connectivity index (χ3v) is 27.7. The monoisotopic (exact) mass is 821 g/mol. The van der Waals surface area contributed by atoms with E-state index >= 15 is 4.79 Å². The van der Waals surface area contributed by atoms with Gasteiger partial charge in [0.2, 0.25) is 0 Å². The summed E-state index contributed by atoms with van der Waals surface area (Å²) in [5.41, 5.74) is 0.667. The fourth-order valence-electron chi connectivity index (χ4n) is 7.86. The van der Waals surface area contributed by atoms with Crippen molar-refractivity contribution in [2.24, 2.45) is 17.3 Å². The van der Waals surface area contributed by atoms with Gasteiger partial charge in [0, 0.05) is 29.7 Å². The van der Waals surface area contributed by atoms with Crippen LogP contribution >= 0.6 is 11.3 Å². The summed E-state index contributed by atoms with van der Waals surface area (Å²) in [4.78, 5) is 33.6. The van der Waals surface area contributed by atoms with Crippen molar-refractivity contribution in [1.82, 2.24) is 4.98 Å². The lowest BCUT2D eigenvalue weighted by Gasteiger charge is -2.44. The maximum atomic E-state index is 15.1. The van der Waals surface area contributed by atoms with E-state index in [0.29, 0.717) is 6.61 Å². The number of ether oxygens (including phenoxy) is 1. The predicted octanol–water partition coefficient (Wildman–Crippen LogP) is 12.2. The summed E-state index contributed by atoms with van der Waals surface area (Å²) in [5, 5.41) is 2.94. The Balaban J connectivity index is 3.59. The molecule has 1 aromatic heterocycles. The van der Waals surface area contributed by atoms with Crippen molar-refractivity contribution in [2.75, 3.05) is 6.61 Å². The summed E-state index contributed by atoms with van der Waals surface area (Å²) in [6, 6.07) is 9.06. The van der Waals surface area contributed by atoms with Crippen molar-refractivity contribution < 1.29 is 27.6 Å². The molecule has 7 nitrogen and oxygen atoms in total. The zero-order chi connectivity index (χ0) is 41.3. The van der Waals surface area contributed by atoms with E-state index in [0.717, 1.165) is 77.1 Å². The van der Waals surface area contributed by atoms with Crippen LogP contribution in [0.2, 0.25) is 54.4 Å². The van der Waals surface area contributed by atoms with Crippen LogP contribution in [-0.2, 0) is 27.6 Å². The Hall–Kier alpha value is -1.40. The Morgan fingerprint density at radius 3 is 1.81 bits per heavy atom. The number of carbonyl (C=O) groups is 2. The number of carbonyl (C=O) groups excluding carboxylic acids is 2. The highest BCUT2D eigenvalue weighted by Crippen LogP contribution is 2.39. The Morgan fingerprint density at radius 2 is 1.37 bits per heavy atom. The number of rotatable bonds is 28. The normalized spacial score (nSPS) is 16.0. The lowest BCUT2D eigenvalue weighted by atomic mass is 9.73. The number of aryl methyl sites for hydroxylation is 1. The zero-order valence-electron chi connectivity index (χ0n) is 37.1. The fraction of sp³-hybridized carbons (Fsp3) is 0.791. The highest BCUT2D eigenvalue weighted by molar-refractivity contribution is 7.09. The van der Waals surface area contributed by atoms with Gasteiger partial charge in [-0.3, -0.25) is 9.59 Å². The number of aromatic nitrogens is 1. The van der Waals surface area contributed by atoms with Crippen molar-refractivity contribution in [3.8, 4) is 12.3 Å². The highest BCUT2D eigenvalue weighted by atomic mass is 32.1. The first-order valence-electron chi connectivity index (χ1n) is 21.2. The standard InChI is InChI=1S/C43H79NO6SSi3/c1-17-27-38(34(12)30-37-32-51-36(14)44-37)48-40(45)31-39(49-53(21-5,22-6)23-7)43(15,16)42(46)35(13)41(50-54(24-8,25-9)26-10)33(11)28-29-47-52(18-2,19-3)20-4/h1,30,32-33,35,38-39,41H,18-29,31H2,2-16H3/b34-30+/t33-,35+,38-,39-,41-/m0/s1. The molecule has 0 saturated carbocycles. The lowest BCUT2D eigenvalue weighted by Crippen LogP contribution is -2.53. The number of esters is 1. The number of nitrogens with zero attached hydrogens (tertiary/aromatic N) is 1. The van der Waals surface area contributed by atoms with E-state index in [1.807, 2.05) is 46.1 Å². The second-order valence-electron chi connectivity index (χ2n) is 16.2. The van der Waals surface area contributed by atoms with Crippen LogP contribution < -0.4 is 0 Å². The lowest BCUT2D eigenvalue weighted by molar-refractivity contribution is -0.153. The number of thiazole rings is 1. The van der Waals surface area contributed by atoms with Gasteiger partial charge in [0.25, 0.3) is 0 Å². The van der Waals surface area contributed by atoms with E-state index in [-0.39, 0.29) is 30.6 Å². The molecule has 1 heterocycles. The molecule has 0 bridgehead atoms. The SMILES string of the molecule is C#CC[C@H](OC(=O)C[C@H](O[Si](CC)(CC)CC)C(C)(C)C(=O)[C@H](C)[C@@H](O[Si](CC)(CC)CC)[C@@H](C)CCO[Si](CC)(CC)CC)/C(C)=C/c1csc(C)n1. The molecule has 0 saturated heterocycles. The summed E-state index contributed by atoms with van der Waals surface area (Å²) < 4.78 is 27.3. The van der Waals surface area contributed by atoms with E-state index in [1.165, 1.54) is 0 Å². The quantitative estimate of drug-likeness (QED) is 0.0473. The van der Waals surface area contributed by atoms with Crippen LogP contribution in [-0.4, -0.2) is 66.6 Å². The van der Waals surface area contributed by atoms with Crippen LogP contribution in [0.1, 0.15) is 127 Å². The topological polar surface area (TPSA) is 84.0 Å². The molecule has 0 aliphatic heterocycles. The molecule has 0 radical (unpaired) electrons. The smallest absolute Gasteiger partial charge is 0.309 e. The van der Waals surface area contributed by atoms with Gasteiger partial charge in [-0.25, -0.2) is 4.98 Å². The summed E-state index contributed by atoms with van der Waals surface area (Å²) in [6.45, 7) is 32.8. The van der Waals surface area contributed by atoms with Gasteiger partial charge in [-0.15, -0.1) is 23.7 Å². The molecule has 0 amide bonds. The van der Waals surface area contributed by atoms with Crippen molar-refractivity contribution in [3.05, 3.63) is 21.7 Å². The van der Waals surface area contributed by atoms with Gasteiger partial charge >= 0.3 is 5.97 Å². The van der Waals surface area contributed by atoms with Gasteiger partial charge in [-0.2, -0.15) is 0 Å². The molecule has 1 aromatic rings. The summed E-state index contributed by atoms with van der Waals surface area (Å²) in [5.74, 6) is 2.06. The molecular weight excluding hydrogens is 743 g/mol. The molecule has 0 fully saturated rings. The van der Waals surface area contributed by atoms with E-state index in [2.05, 4.69) is 80.1 Å². The molecule has 11 heteroatoms. The molecule has 1 rings (SSSR count). The minimum absolute atomic E-state index is 0.0331. The summed E-state index contributed by atoms with van der Waals surface area (Å²) in [7, 11) is -6.10. The first-order valence-corrected chi connectivity index (χ1v) is 29.6. The second-order valence-corrected chi connectivity index (χ2v) is 31.5. The first kappa shape index (κ1) is 50.6. The van der Waals surface area contributed by atoms with Crippen molar-refractivity contribution in [1.29, 1.82) is 0 Å². The van der Waals surface area contributed by atoms with Crippen LogP contribution in [0.4, 0.5) is 0 Å². The number of ketones is 1. The maximum absolute atomic E-state index is 15.1. The van der Waals surface area contributed by atoms with E-state index in [9.17, 15) is 4.79 Å². The Kier molecular flexibility index (Phi) is 22.3. The summed E-state index contributed by atoms with van der Waals surface area (Å²) in [6.07, 6.45) is 7.23. The Labute approximate surface area is 338 Å². The molecule has 54 heavy (non-hydrogen) atoms. The molecule has 310 valence electrons. The number of hydrogen-bond acceptors (Lipinski definition) is 8. The van der Waals surface area contributed by atoms with E-state index < -0.39 is 54.5 Å². The number of hydrogen-bond donors (Lipinski definition) is 0. The van der Waals surface area contributed by atoms with Gasteiger partial charge in [0.15, 0.2) is 25.0 Å². The van der Waals surface area contributed by atoms with E-state index in [4.69, 9.17) is 24.4 Å². The molecule has 0 spiro atoms. The Morgan fingerprint density at radius 1 is 0.870 bits per heavy atom. The predicted molar refractivity (Wildman–Crippen MR) is 237 cm³/mol. The maximum Gasteiger partial charge on any atom is 0.309 e. The van der Waals surface area contributed by atoms with Gasteiger partial charge in [0.1, 0.15) is 11.9 Å².